The molecule has 4 aromatic rings. The van der Waals surface area contributed by atoms with Gasteiger partial charge in [0, 0.05) is 18.0 Å². The van der Waals surface area contributed by atoms with E-state index in [2.05, 4.69) is 35.6 Å². The van der Waals surface area contributed by atoms with Crippen LogP contribution in [0.5, 0.6) is 5.75 Å². The van der Waals surface area contributed by atoms with Gasteiger partial charge in [0.05, 0.1) is 32.1 Å². The topological polar surface area (TPSA) is 106 Å². The largest absolute Gasteiger partial charge is 0.497 e. The Morgan fingerprint density at radius 3 is 2.81 bits per heavy atom. The van der Waals surface area contributed by atoms with E-state index in [4.69, 9.17) is 4.74 Å². The molecule has 4 rings (SSSR count). The van der Waals surface area contributed by atoms with Crippen LogP contribution < -0.4 is 10.1 Å². The number of benzene rings is 1. The molecule has 1 aromatic carbocycles. The van der Waals surface area contributed by atoms with Crippen LogP contribution in [0.25, 0.3) is 11.3 Å². The molecule has 2 N–H and O–H groups in total. The minimum atomic E-state index is 0.463. The third-order valence-electron chi connectivity index (χ3n) is 4.04. The molecule has 0 aliphatic carbocycles. The van der Waals surface area contributed by atoms with Crippen LogP contribution in [-0.4, -0.2) is 42.0 Å². The average molecular weight is 362 g/mol. The molecule has 0 unspecified atom stereocenters. The molecular formula is C18H18N8O. The van der Waals surface area contributed by atoms with Gasteiger partial charge in [-0.3, -0.25) is 5.10 Å². The zero-order valence-electron chi connectivity index (χ0n) is 14.7. The molecule has 0 radical (unpaired) electrons. The molecule has 0 saturated carbocycles. The standard InChI is InChI=1S/C18H18N8O/c1-27-15-4-2-13(3-5-15)11-26-17(21-12-24-26)10-20-18-19-7-6-16(25-18)14-8-22-23-9-14/h2-9,12H,10-11H2,1H3,(H,22,23)(H,19,20,25). The van der Waals surface area contributed by atoms with Gasteiger partial charge < -0.3 is 10.1 Å². The Labute approximate surface area is 155 Å². The van der Waals surface area contributed by atoms with Gasteiger partial charge in [0.2, 0.25) is 5.95 Å². The van der Waals surface area contributed by atoms with Gasteiger partial charge in [0.15, 0.2) is 0 Å². The van der Waals surface area contributed by atoms with Crippen LogP contribution in [0, 0.1) is 0 Å². The Bertz CT molecular complexity index is 994. The Hall–Kier alpha value is -3.75. The van der Waals surface area contributed by atoms with Crippen LogP contribution in [0.2, 0.25) is 0 Å². The summed E-state index contributed by atoms with van der Waals surface area (Å²) in [5, 5.41) is 14.2. The summed E-state index contributed by atoms with van der Waals surface area (Å²) in [5.74, 6) is 2.14. The first-order chi connectivity index (χ1) is 13.3. The predicted molar refractivity (Wildman–Crippen MR) is 99.1 cm³/mol. The van der Waals surface area contributed by atoms with Crippen LogP contribution in [0.3, 0.4) is 0 Å². The molecule has 9 heteroatoms. The lowest BCUT2D eigenvalue weighted by Crippen LogP contribution is -2.12. The minimum absolute atomic E-state index is 0.463. The Morgan fingerprint density at radius 1 is 1.15 bits per heavy atom. The van der Waals surface area contributed by atoms with Crippen molar-refractivity contribution in [2.45, 2.75) is 13.1 Å². The van der Waals surface area contributed by atoms with Gasteiger partial charge in [-0.1, -0.05) is 12.1 Å². The molecule has 0 fully saturated rings. The molecule has 3 aromatic heterocycles. The quantitative estimate of drug-likeness (QED) is 0.519. The van der Waals surface area contributed by atoms with Gasteiger partial charge in [0.1, 0.15) is 17.9 Å². The normalized spacial score (nSPS) is 10.7. The van der Waals surface area contributed by atoms with E-state index in [1.54, 1.807) is 32.0 Å². The number of H-pyrrole nitrogens is 1. The number of hydrogen-bond acceptors (Lipinski definition) is 7. The second-order valence-electron chi connectivity index (χ2n) is 5.79. The van der Waals surface area contributed by atoms with Crippen molar-refractivity contribution < 1.29 is 4.74 Å². The number of rotatable bonds is 7. The summed E-state index contributed by atoms with van der Waals surface area (Å²) in [7, 11) is 1.65. The summed E-state index contributed by atoms with van der Waals surface area (Å²) in [5.41, 5.74) is 2.81. The number of ether oxygens (including phenoxy) is 1. The minimum Gasteiger partial charge on any atom is -0.497 e. The number of anilines is 1. The van der Waals surface area contributed by atoms with Gasteiger partial charge in [0.25, 0.3) is 0 Å². The highest BCUT2D eigenvalue weighted by molar-refractivity contribution is 5.57. The Morgan fingerprint density at radius 2 is 2.04 bits per heavy atom. The molecule has 0 aliphatic heterocycles. The summed E-state index contributed by atoms with van der Waals surface area (Å²) in [4.78, 5) is 13.1. The molecular weight excluding hydrogens is 344 g/mol. The Kier molecular flexibility index (Phi) is 4.73. The number of nitrogens with zero attached hydrogens (tertiary/aromatic N) is 6. The van der Waals surface area contributed by atoms with Crippen LogP contribution >= 0.6 is 0 Å². The van der Waals surface area contributed by atoms with Gasteiger partial charge in [-0.15, -0.1) is 0 Å². The van der Waals surface area contributed by atoms with E-state index in [0.29, 0.717) is 19.0 Å². The summed E-state index contributed by atoms with van der Waals surface area (Å²) >= 11 is 0. The Balaban J connectivity index is 1.43. The fourth-order valence-corrected chi connectivity index (χ4v) is 2.61. The smallest absolute Gasteiger partial charge is 0.223 e. The molecule has 3 heterocycles. The van der Waals surface area contributed by atoms with E-state index in [-0.39, 0.29) is 0 Å². The van der Waals surface area contributed by atoms with E-state index < -0.39 is 0 Å². The molecule has 9 nitrogen and oxygen atoms in total. The number of methoxy groups -OCH3 is 1. The van der Waals surface area contributed by atoms with Crippen molar-refractivity contribution in [3.05, 3.63) is 66.6 Å². The molecule has 0 atom stereocenters. The van der Waals surface area contributed by atoms with Crippen LogP contribution in [0.4, 0.5) is 5.95 Å². The lowest BCUT2D eigenvalue weighted by Gasteiger charge is -2.08. The van der Waals surface area contributed by atoms with Crippen molar-refractivity contribution >= 4 is 5.95 Å². The van der Waals surface area contributed by atoms with Crippen molar-refractivity contribution in [3.63, 3.8) is 0 Å². The predicted octanol–water partition coefficient (Wildman–Crippen LogP) is 2.13. The highest BCUT2D eigenvalue weighted by Crippen LogP contribution is 2.16. The fourth-order valence-electron chi connectivity index (χ4n) is 2.61. The third kappa shape index (κ3) is 3.92. The fraction of sp³-hybridized carbons (Fsp3) is 0.167. The number of nitrogens with one attached hydrogen (secondary N) is 2. The summed E-state index contributed by atoms with van der Waals surface area (Å²) in [6.07, 6.45) is 6.76. The summed E-state index contributed by atoms with van der Waals surface area (Å²) < 4.78 is 7.03. The first-order valence-electron chi connectivity index (χ1n) is 8.37. The van der Waals surface area contributed by atoms with Crippen LogP contribution in [-0.2, 0) is 13.1 Å². The van der Waals surface area contributed by atoms with Crippen molar-refractivity contribution in [2.24, 2.45) is 0 Å². The average Bonchev–Trinajstić information content (AvgIpc) is 3.39. The summed E-state index contributed by atoms with van der Waals surface area (Å²) in [6, 6.07) is 9.71. The summed E-state index contributed by atoms with van der Waals surface area (Å²) in [6.45, 7) is 1.09. The zero-order chi connectivity index (χ0) is 18.5. The second kappa shape index (κ2) is 7.65. The zero-order valence-corrected chi connectivity index (χ0v) is 14.7. The lowest BCUT2D eigenvalue weighted by molar-refractivity contribution is 0.414. The molecule has 0 spiro atoms. The monoisotopic (exact) mass is 362 g/mol. The maximum absolute atomic E-state index is 5.19. The second-order valence-corrected chi connectivity index (χ2v) is 5.79. The van der Waals surface area contributed by atoms with Gasteiger partial charge in [-0.2, -0.15) is 10.2 Å². The third-order valence-corrected chi connectivity index (χ3v) is 4.04. The number of aromatic amines is 1. The number of hydrogen-bond donors (Lipinski definition) is 2. The number of aromatic nitrogens is 7. The molecule has 0 bridgehead atoms. The van der Waals surface area contributed by atoms with Crippen molar-refractivity contribution in [1.82, 2.24) is 34.9 Å². The molecule has 0 aliphatic rings. The maximum Gasteiger partial charge on any atom is 0.223 e. The lowest BCUT2D eigenvalue weighted by atomic mass is 10.2. The van der Waals surface area contributed by atoms with E-state index in [1.807, 2.05) is 35.0 Å². The molecule has 27 heavy (non-hydrogen) atoms. The maximum atomic E-state index is 5.19. The van der Waals surface area contributed by atoms with Crippen molar-refractivity contribution in [2.75, 3.05) is 12.4 Å². The SMILES string of the molecule is COc1ccc(Cn2ncnc2CNc2nccc(-c3cn[nH]c3)n2)cc1. The van der Waals surface area contributed by atoms with E-state index in [0.717, 1.165) is 28.4 Å². The van der Waals surface area contributed by atoms with E-state index >= 15 is 0 Å². The molecule has 0 saturated heterocycles. The first kappa shape index (κ1) is 16.7. The van der Waals surface area contributed by atoms with Crippen molar-refractivity contribution in [1.29, 1.82) is 0 Å². The van der Waals surface area contributed by atoms with Crippen molar-refractivity contribution in [3.8, 4) is 17.0 Å². The highest BCUT2D eigenvalue weighted by Gasteiger charge is 2.08. The van der Waals surface area contributed by atoms with Gasteiger partial charge in [-0.25, -0.2) is 19.6 Å². The van der Waals surface area contributed by atoms with E-state index in [9.17, 15) is 0 Å². The van der Waals surface area contributed by atoms with Gasteiger partial charge >= 0.3 is 0 Å². The first-order valence-corrected chi connectivity index (χ1v) is 8.37. The molecule has 136 valence electrons. The van der Waals surface area contributed by atoms with Crippen LogP contribution in [0.15, 0.2) is 55.2 Å². The highest BCUT2D eigenvalue weighted by atomic mass is 16.5. The molecule has 0 amide bonds. The van der Waals surface area contributed by atoms with E-state index in [1.165, 1.54) is 0 Å². The van der Waals surface area contributed by atoms with Gasteiger partial charge in [-0.05, 0) is 23.8 Å². The van der Waals surface area contributed by atoms with Crippen LogP contribution in [0.1, 0.15) is 11.4 Å².